The maximum absolute atomic E-state index is 12.6. The van der Waals surface area contributed by atoms with Crippen molar-refractivity contribution in [1.82, 2.24) is 9.47 Å². The van der Waals surface area contributed by atoms with Crippen LogP contribution in [0, 0.1) is 5.92 Å². The van der Waals surface area contributed by atoms with E-state index in [-0.39, 0.29) is 17.6 Å². The van der Waals surface area contributed by atoms with Gasteiger partial charge in [0.05, 0.1) is 30.6 Å². The second kappa shape index (κ2) is 8.92. The lowest BCUT2D eigenvalue weighted by Gasteiger charge is -2.46. The number of aromatic nitrogens is 1. The highest BCUT2D eigenvalue weighted by atomic mass is 16.6. The van der Waals surface area contributed by atoms with E-state index in [9.17, 15) is 4.79 Å². The highest BCUT2D eigenvalue weighted by molar-refractivity contribution is 5.70. The number of anilines is 1. The van der Waals surface area contributed by atoms with Crippen molar-refractivity contribution in [3.63, 3.8) is 0 Å². The highest BCUT2D eigenvalue weighted by Gasteiger charge is 2.42. The molecule has 4 rings (SSSR count). The van der Waals surface area contributed by atoms with Gasteiger partial charge in [-0.3, -0.25) is 0 Å². The van der Waals surface area contributed by atoms with E-state index in [2.05, 4.69) is 40.3 Å². The van der Waals surface area contributed by atoms with Crippen LogP contribution in [0.15, 0.2) is 60.8 Å². The normalized spacial score (nSPS) is 18.0. The summed E-state index contributed by atoms with van der Waals surface area (Å²) >= 11 is 0. The van der Waals surface area contributed by atoms with Crippen LogP contribution >= 0.6 is 0 Å². The molecule has 1 aromatic heterocycles. The van der Waals surface area contributed by atoms with Gasteiger partial charge in [-0.25, -0.2) is 4.79 Å². The summed E-state index contributed by atoms with van der Waals surface area (Å²) in [5, 5.41) is 3.77. The fourth-order valence-electron chi connectivity index (χ4n) is 4.41. The highest BCUT2D eigenvalue weighted by Crippen LogP contribution is 2.44. The molecule has 0 bridgehead atoms. The van der Waals surface area contributed by atoms with E-state index < -0.39 is 0 Å². The summed E-state index contributed by atoms with van der Waals surface area (Å²) in [6.07, 6.45) is 11.5. The number of nitrogens with zero attached hydrogens (tertiary/aromatic N) is 2. The maximum Gasteiger partial charge on any atom is 0.409 e. The second-order valence-corrected chi connectivity index (χ2v) is 8.31. The van der Waals surface area contributed by atoms with E-state index in [0.29, 0.717) is 19.7 Å². The van der Waals surface area contributed by atoms with Gasteiger partial charge < -0.3 is 24.3 Å². The number of benzene rings is 1. The topological polar surface area (TPSA) is 55.7 Å². The predicted octanol–water partition coefficient (Wildman–Crippen LogP) is 5.11. The lowest BCUT2D eigenvalue weighted by molar-refractivity contribution is 0.0788. The minimum absolute atomic E-state index is 0.188. The third-order valence-electron chi connectivity index (χ3n) is 6.17. The predicted molar refractivity (Wildman–Crippen MR) is 123 cm³/mol. The summed E-state index contributed by atoms with van der Waals surface area (Å²) in [7, 11) is 1.68. The zero-order valence-electron chi connectivity index (χ0n) is 18.5. The van der Waals surface area contributed by atoms with Crippen LogP contribution in [-0.2, 0) is 10.3 Å². The number of likely N-dealkylation sites (tertiary alicyclic amines) is 1. The molecule has 2 aliphatic heterocycles. The molecule has 1 atom stereocenters. The van der Waals surface area contributed by atoms with E-state index in [4.69, 9.17) is 9.47 Å². The maximum atomic E-state index is 12.6. The van der Waals surface area contributed by atoms with Gasteiger partial charge in [0.2, 0.25) is 0 Å². The number of carbonyl (C=O) groups excluding carboxylic acids is 1. The Kier molecular flexibility index (Phi) is 6.07. The summed E-state index contributed by atoms with van der Waals surface area (Å²) in [6.45, 7) is 5.73. The SMILES string of the molecule is C/C=C\C=C/C(C)COC(=O)N1CCC2(CC1)Nc1ccc(OC)cc1-n1cccc12. The zero-order valence-corrected chi connectivity index (χ0v) is 18.5. The van der Waals surface area contributed by atoms with Gasteiger partial charge in [-0.15, -0.1) is 0 Å². The summed E-state index contributed by atoms with van der Waals surface area (Å²) in [5.74, 6) is 1.02. The number of piperidine rings is 1. The molecule has 0 saturated carbocycles. The summed E-state index contributed by atoms with van der Waals surface area (Å²) in [5.41, 5.74) is 3.21. The fraction of sp³-hybridized carbons (Fsp3) is 0.400. The summed E-state index contributed by atoms with van der Waals surface area (Å²) in [4.78, 5) is 14.4. The van der Waals surface area contributed by atoms with E-state index >= 15 is 0 Å². The first-order valence-corrected chi connectivity index (χ1v) is 10.9. The third kappa shape index (κ3) is 4.20. The zero-order chi connectivity index (χ0) is 21.8. The van der Waals surface area contributed by atoms with E-state index in [1.807, 2.05) is 49.1 Å². The Morgan fingerprint density at radius 3 is 2.81 bits per heavy atom. The van der Waals surface area contributed by atoms with Crippen LogP contribution in [-0.4, -0.2) is 42.4 Å². The number of methoxy groups -OCH3 is 1. The molecule has 1 spiro atoms. The van der Waals surface area contributed by atoms with Crippen LogP contribution in [0.5, 0.6) is 5.75 Å². The van der Waals surface area contributed by atoms with Gasteiger partial charge in [-0.2, -0.15) is 0 Å². The first-order valence-electron chi connectivity index (χ1n) is 10.9. The second-order valence-electron chi connectivity index (χ2n) is 8.31. The van der Waals surface area contributed by atoms with Crippen molar-refractivity contribution in [2.45, 2.75) is 32.2 Å². The van der Waals surface area contributed by atoms with Gasteiger partial charge in [-0.05, 0) is 44.0 Å². The minimum Gasteiger partial charge on any atom is -0.497 e. The van der Waals surface area contributed by atoms with E-state index in [1.54, 1.807) is 7.11 Å². The number of nitrogens with one attached hydrogen (secondary N) is 1. The van der Waals surface area contributed by atoms with Gasteiger partial charge in [0.15, 0.2) is 0 Å². The van der Waals surface area contributed by atoms with Gasteiger partial charge >= 0.3 is 6.09 Å². The molecule has 2 aliphatic rings. The van der Waals surface area contributed by atoms with Crippen molar-refractivity contribution >= 4 is 11.8 Å². The van der Waals surface area contributed by atoms with Crippen molar-refractivity contribution in [3.05, 3.63) is 66.5 Å². The molecule has 6 heteroatoms. The van der Waals surface area contributed by atoms with Crippen LogP contribution < -0.4 is 10.1 Å². The van der Waals surface area contributed by atoms with Crippen LogP contribution in [0.2, 0.25) is 0 Å². The van der Waals surface area contributed by atoms with Crippen LogP contribution in [0.1, 0.15) is 32.4 Å². The smallest absolute Gasteiger partial charge is 0.409 e. The number of ether oxygens (including phenoxy) is 2. The minimum atomic E-state index is -0.225. The monoisotopic (exact) mass is 421 g/mol. The molecule has 1 aromatic carbocycles. The Morgan fingerprint density at radius 2 is 2.06 bits per heavy atom. The molecule has 1 unspecified atom stereocenters. The fourth-order valence-corrected chi connectivity index (χ4v) is 4.41. The van der Waals surface area contributed by atoms with Crippen molar-refractivity contribution in [2.75, 3.05) is 32.1 Å². The molecule has 31 heavy (non-hydrogen) atoms. The van der Waals surface area contributed by atoms with Crippen LogP contribution in [0.25, 0.3) is 5.69 Å². The van der Waals surface area contributed by atoms with Crippen molar-refractivity contribution in [1.29, 1.82) is 0 Å². The van der Waals surface area contributed by atoms with Crippen molar-refractivity contribution in [3.8, 4) is 11.4 Å². The van der Waals surface area contributed by atoms with E-state index in [1.165, 1.54) is 5.69 Å². The van der Waals surface area contributed by atoms with Gasteiger partial charge in [0, 0.05) is 37.0 Å². The summed E-state index contributed by atoms with van der Waals surface area (Å²) < 4.78 is 13.2. The molecule has 2 aromatic rings. The number of hydrogen-bond donors (Lipinski definition) is 1. The van der Waals surface area contributed by atoms with Crippen molar-refractivity contribution in [2.24, 2.45) is 5.92 Å². The number of hydrogen-bond acceptors (Lipinski definition) is 4. The lowest BCUT2D eigenvalue weighted by atomic mass is 9.82. The number of allylic oxidation sites excluding steroid dienone is 3. The Bertz CT molecular complexity index is 984. The largest absolute Gasteiger partial charge is 0.497 e. The molecular formula is C25H31N3O3. The van der Waals surface area contributed by atoms with Crippen LogP contribution in [0.4, 0.5) is 10.5 Å². The van der Waals surface area contributed by atoms with Gasteiger partial charge in [-0.1, -0.05) is 31.2 Å². The van der Waals surface area contributed by atoms with Gasteiger partial charge in [0.1, 0.15) is 5.75 Å². The Balaban J connectivity index is 1.42. The number of rotatable bonds is 5. The standard InChI is InChI=1S/C25H31N3O3/c1-4-5-6-8-19(2)18-31-24(29)27-15-12-25(13-16-27)23-9-7-14-28(23)22-17-20(30-3)10-11-21(22)26-25/h4-11,14,17,19,26H,12-13,15-16,18H2,1-3H3/b5-4-,8-6-. The Labute approximate surface area is 184 Å². The number of fused-ring (bicyclic) bond motifs is 4. The summed E-state index contributed by atoms with van der Waals surface area (Å²) in [6, 6.07) is 10.4. The molecule has 1 amide bonds. The van der Waals surface area contributed by atoms with Crippen LogP contribution in [0.3, 0.4) is 0 Å². The lowest BCUT2D eigenvalue weighted by Crippen LogP contribution is -2.51. The Hall–Kier alpha value is -3.15. The third-order valence-corrected chi connectivity index (χ3v) is 6.17. The molecule has 6 nitrogen and oxygen atoms in total. The molecule has 164 valence electrons. The van der Waals surface area contributed by atoms with Crippen molar-refractivity contribution < 1.29 is 14.3 Å². The average Bonchev–Trinajstić information content (AvgIpc) is 3.29. The Morgan fingerprint density at radius 1 is 1.26 bits per heavy atom. The number of amides is 1. The molecule has 0 aliphatic carbocycles. The number of carbonyl (C=O) groups is 1. The first kappa shape index (κ1) is 21.1. The quantitative estimate of drug-likeness (QED) is 0.682. The molecular weight excluding hydrogens is 390 g/mol. The average molecular weight is 422 g/mol. The van der Waals surface area contributed by atoms with Gasteiger partial charge in [0.25, 0.3) is 0 Å². The molecule has 3 heterocycles. The molecule has 1 saturated heterocycles. The molecule has 1 N–H and O–H groups in total. The first-order chi connectivity index (χ1) is 15.1. The molecule has 1 fully saturated rings. The van der Waals surface area contributed by atoms with E-state index in [0.717, 1.165) is 30.0 Å². The molecule has 0 radical (unpaired) electrons.